The lowest BCUT2D eigenvalue weighted by atomic mass is 10.1. The molecule has 2 N–H and O–H groups in total. The first-order valence-electron chi connectivity index (χ1n) is 8.96. The number of nitrogens with two attached hydrogens (primary N) is 1. The molecule has 2 fully saturated rings. The molecule has 0 bridgehead atoms. The predicted molar refractivity (Wildman–Crippen MR) is 112 cm³/mol. The third-order valence-corrected chi connectivity index (χ3v) is 7.12. The molecule has 0 aliphatic carbocycles. The summed E-state index contributed by atoms with van der Waals surface area (Å²) in [6.45, 7) is 8.14. The van der Waals surface area contributed by atoms with E-state index in [9.17, 15) is 4.79 Å². The molecule has 2 aliphatic rings. The Morgan fingerprint density at radius 2 is 2.19 bits per heavy atom. The molecule has 2 atom stereocenters. The van der Waals surface area contributed by atoms with E-state index in [0.717, 1.165) is 41.6 Å². The summed E-state index contributed by atoms with van der Waals surface area (Å²) >= 11 is 9.16. The third-order valence-electron chi connectivity index (χ3n) is 4.89. The van der Waals surface area contributed by atoms with Crippen molar-refractivity contribution in [3.63, 3.8) is 0 Å². The van der Waals surface area contributed by atoms with Crippen molar-refractivity contribution < 1.29 is 9.53 Å². The van der Waals surface area contributed by atoms with Crippen LogP contribution < -0.4 is 10.6 Å². The molecule has 27 heavy (non-hydrogen) atoms. The molecule has 4 heterocycles. The van der Waals surface area contributed by atoms with Crippen LogP contribution in [-0.4, -0.2) is 47.3 Å². The molecule has 0 radical (unpaired) electrons. The lowest BCUT2D eigenvalue weighted by molar-refractivity contribution is 0.0229. The Kier molecular flexibility index (Phi) is 4.76. The molecule has 0 saturated carbocycles. The van der Waals surface area contributed by atoms with Gasteiger partial charge in [-0.2, -0.15) is 0 Å². The second-order valence-corrected chi connectivity index (χ2v) is 10.4. The number of anilines is 2. The van der Waals surface area contributed by atoms with Crippen LogP contribution in [0.15, 0.2) is 11.4 Å². The van der Waals surface area contributed by atoms with E-state index in [1.54, 1.807) is 11.3 Å². The number of likely N-dealkylation sites (tertiary alicyclic amines) is 1. The summed E-state index contributed by atoms with van der Waals surface area (Å²) in [6.07, 6.45) is 0.778. The van der Waals surface area contributed by atoms with Crippen molar-refractivity contribution in [1.29, 1.82) is 0 Å². The Bertz CT molecular complexity index is 860. The van der Waals surface area contributed by atoms with Gasteiger partial charge in [-0.05, 0) is 33.3 Å². The highest BCUT2D eigenvalue weighted by atomic mass is 35.5. The van der Waals surface area contributed by atoms with Gasteiger partial charge in [0.25, 0.3) is 0 Å². The number of amides is 1. The number of ether oxygens (including phenoxy) is 1. The zero-order valence-electron chi connectivity index (χ0n) is 15.6. The Morgan fingerprint density at radius 1 is 1.41 bits per heavy atom. The van der Waals surface area contributed by atoms with Crippen molar-refractivity contribution in [3.05, 3.63) is 16.5 Å². The Labute approximate surface area is 171 Å². The SMILES string of the molecule is CC(C)(C)OC(=O)N1CC[C@@H]2CN(c3sc(N)nc3-c3cc(Cl)cs3)C[C@@H]21. The number of carbonyl (C=O) groups excluding carboxylic acids is 1. The van der Waals surface area contributed by atoms with Crippen LogP contribution in [0.4, 0.5) is 14.9 Å². The van der Waals surface area contributed by atoms with Gasteiger partial charge < -0.3 is 20.3 Å². The molecule has 2 saturated heterocycles. The number of nitrogens with zero attached hydrogens (tertiary/aromatic N) is 3. The van der Waals surface area contributed by atoms with E-state index in [1.807, 2.05) is 37.1 Å². The molecule has 0 spiro atoms. The van der Waals surface area contributed by atoms with Crippen molar-refractivity contribution in [2.45, 2.75) is 38.8 Å². The lowest BCUT2D eigenvalue weighted by Gasteiger charge is -2.28. The minimum atomic E-state index is -0.481. The molecule has 0 aromatic carbocycles. The number of aromatic nitrogens is 1. The maximum Gasteiger partial charge on any atom is 0.410 e. The molecule has 1 amide bonds. The average molecular weight is 427 g/mol. The summed E-state index contributed by atoms with van der Waals surface area (Å²) in [7, 11) is 0. The van der Waals surface area contributed by atoms with Crippen molar-refractivity contribution >= 4 is 50.5 Å². The second kappa shape index (κ2) is 6.83. The summed E-state index contributed by atoms with van der Waals surface area (Å²) in [6, 6.07) is 2.09. The first kappa shape index (κ1) is 18.8. The number of halogens is 1. The molecule has 6 nitrogen and oxygen atoms in total. The van der Waals surface area contributed by atoms with Crippen molar-refractivity contribution in [2.75, 3.05) is 30.3 Å². The van der Waals surface area contributed by atoms with Crippen LogP contribution in [0.25, 0.3) is 10.6 Å². The lowest BCUT2D eigenvalue weighted by Crippen LogP contribution is -2.42. The van der Waals surface area contributed by atoms with Gasteiger partial charge in [0.05, 0.1) is 15.9 Å². The third kappa shape index (κ3) is 3.75. The van der Waals surface area contributed by atoms with Crippen LogP contribution in [0.5, 0.6) is 0 Å². The van der Waals surface area contributed by atoms with Gasteiger partial charge in [-0.1, -0.05) is 22.9 Å². The molecule has 2 aliphatic heterocycles. The number of hydrogen-bond donors (Lipinski definition) is 1. The molecule has 0 unspecified atom stereocenters. The quantitative estimate of drug-likeness (QED) is 0.762. The number of hydrogen-bond acceptors (Lipinski definition) is 7. The number of rotatable bonds is 2. The van der Waals surface area contributed by atoms with Crippen LogP contribution in [0.3, 0.4) is 0 Å². The number of fused-ring (bicyclic) bond motifs is 1. The zero-order chi connectivity index (χ0) is 19.3. The molecule has 4 rings (SSSR count). The molecule has 146 valence electrons. The van der Waals surface area contributed by atoms with E-state index in [2.05, 4.69) is 9.88 Å². The zero-order valence-corrected chi connectivity index (χ0v) is 18.0. The van der Waals surface area contributed by atoms with E-state index in [-0.39, 0.29) is 12.1 Å². The maximum absolute atomic E-state index is 12.6. The summed E-state index contributed by atoms with van der Waals surface area (Å²) in [5.74, 6) is 0.445. The molecule has 9 heteroatoms. The van der Waals surface area contributed by atoms with E-state index in [4.69, 9.17) is 22.1 Å². The van der Waals surface area contributed by atoms with Crippen LogP contribution in [-0.2, 0) is 4.74 Å². The molecular weight excluding hydrogens is 404 g/mol. The maximum atomic E-state index is 12.6. The Hall–Kier alpha value is -1.51. The first-order chi connectivity index (χ1) is 12.7. The summed E-state index contributed by atoms with van der Waals surface area (Å²) in [5, 5.41) is 4.22. The molecule has 2 aromatic heterocycles. The first-order valence-corrected chi connectivity index (χ1v) is 11.0. The summed E-state index contributed by atoms with van der Waals surface area (Å²) < 4.78 is 5.60. The van der Waals surface area contributed by atoms with Gasteiger partial charge in [0.1, 0.15) is 16.3 Å². The predicted octanol–water partition coefficient (Wildman–Crippen LogP) is 4.55. The molecule has 2 aromatic rings. The fourth-order valence-corrected chi connectivity index (χ4v) is 5.81. The Morgan fingerprint density at radius 3 is 2.85 bits per heavy atom. The van der Waals surface area contributed by atoms with Crippen molar-refractivity contribution in [2.24, 2.45) is 5.92 Å². The summed E-state index contributed by atoms with van der Waals surface area (Å²) in [5.41, 5.74) is 6.43. The average Bonchev–Trinajstić information content (AvgIpc) is 3.27. The molecular formula is C18H23ClN4O2S2. The highest BCUT2D eigenvalue weighted by molar-refractivity contribution is 7.20. The fourth-order valence-electron chi connectivity index (χ4n) is 3.81. The Balaban J connectivity index is 1.55. The number of thiophene rings is 1. The minimum Gasteiger partial charge on any atom is -0.444 e. The fraction of sp³-hybridized carbons (Fsp3) is 0.556. The van der Waals surface area contributed by atoms with E-state index < -0.39 is 5.60 Å². The van der Waals surface area contributed by atoms with Crippen molar-refractivity contribution in [1.82, 2.24) is 9.88 Å². The van der Waals surface area contributed by atoms with Gasteiger partial charge >= 0.3 is 6.09 Å². The highest BCUT2D eigenvalue weighted by Gasteiger charge is 2.45. The number of nitrogen functional groups attached to an aromatic ring is 1. The van der Waals surface area contributed by atoms with Crippen molar-refractivity contribution in [3.8, 4) is 10.6 Å². The topological polar surface area (TPSA) is 71.7 Å². The second-order valence-electron chi connectivity index (χ2n) is 8.03. The standard InChI is InChI=1S/C18H23ClN4O2S2/c1-18(2,3)25-17(24)23-5-4-10-7-22(8-12(10)23)15-14(21-16(20)27-15)13-6-11(19)9-26-13/h6,9-10,12H,4-5,7-8H2,1-3H3,(H2,20,21)/t10-,12+/m1/s1. The van der Waals surface area contributed by atoms with Gasteiger partial charge in [0.15, 0.2) is 5.13 Å². The minimum absolute atomic E-state index is 0.169. The van der Waals surface area contributed by atoms with E-state index in [0.29, 0.717) is 16.1 Å². The highest BCUT2D eigenvalue weighted by Crippen LogP contribution is 2.44. The number of carbonyl (C=O) groups is 1. The van der Waals surface area contributed by atoms with Gasteiger partial charge in [0, 0.05) is 30.9 Å². The van der Waals surface area contributed by atoms with Gasteiger partial charge in [-0.25, -0.2) is 9.78 Å². The summed E-state index contributed by atoms with van der Waals surface area (Å²) in [4.78, 5) is 22.3. The van der Waals surface area contributed by atoms with Crippen LogP contribution in [0.2, 0.25) is 5.02 Å². The smallest absolute Gasteiger partial charge is 0.410 e. The van der Waals surface area contributed by atoms with Gasteiger partial charge in [-0.3, -0.25) is 0 Å². The van der Waals surface area contributed by atoms with Crippen LogP contribution in [0.1, 0.15) is 27.2 Å². The monoisotopic (exact) mass is 426 g/mol. The van der Waals surface area contributed by atoms with Gasteiger partial charge in [-0.15, -0.1) is 11.3 Å². The van der Waals surface area contributed by atoms with E-state index >= 15 is 0 Å². The normalized spacial score (nSPS) is 22.4. The number of thiazole rings is 1. The largest absolute Gasteiger partial charge is 0.444 e. The van der Waals surface area contributed by atoms with Crippen LogP contribution >= 0.6 is 34.3 Å². The van der Waals surface area contributed by atoms with Crippen LogP contribution in [0, 0.1) is 5.92 Å². The van der Waals surface area contributed by atoms with Gasteiger partial charge in [0.2, 0.25) is 0 Å². The van der Waals surface area contributed by atoms with E-state index in [1.165, 1.54) is 11.3 Å².